The minimum absolute atomic E-state index is 0.137. The summed E-state index contributed by atoms with van der Waals surface area (Å²) in [4.78, 5) is 34.3. The smallest absolute Gasteiger partial charge is 0.329 e. The number of amides is 1. The molecule has 0 spiro atoms. The Morgan fingerprint density at radius 2 is 1.80 bits per heavy atom. The van der Waals surface area contributed by atoms with Crippen molar-refractivity contribution in [3.63, 3.8) is 0 Å². The van der Waals surface area contributed by atoms with Gasteiger partial charge in [0.2, 0.25) is 5.91 Å². The van der Waals surface area contributed by atoms with Crippen LogP contribution >= 0.6 is 0 Å². The average molecular weight is 288 g/mol. The monoisotopic (exact) mass is 288 g/mol. The van der Waals surface area contributed by atoms with Crippen LogP contribution in [-0.4, -0.2) is 41.1 Å². The summed E-state index contributed by atoms with van der Waals surface area (Å²) in [7, 11) is 0. The van der Waals surface area contributed by atoms with E-state index < -0.39 is 36.4 Å². The molecule has 0 aromatic heterocycles. The van der Waals surface area contributed by atoms with Gasteiger partial charge in [0.1, 0.15) is 6.04 Å². The molecule has 0 aliphatic heterocycles. The lowest BCUT2D eigenvalue weighted by Gasteiger charge is -2.24. The Hall–Kier alpha value is -1.63. The summed E-state index contributed by atoms with van der Waals surface area (Å²) in [5.41, 5.74) is 5.46. The Morgan fingerprint density at radius 3 is 2.20 bits per heavy atom. The predicted octanol–water partition coefficient (Wildman–Crippen LogP) is 0.271. The van der Waals surface area contributed by atoms with Gasteiger partial charge < -0.3 is 20.9 Å². The molecule has 7 nitrogen and oxygen atoms in total. The molecule has 0 radical (unpaired) electrons. The van der Waals surface area contributed by atoms with Crippen LogP contribution in [-0.2, 0) is 19.1 Å². The summed E-state index contributed by atoms with van der Waals surface area (Å²) in [6.45, 7) is 7.10. The number of aliphatic carboxylic acids is 1. The molecule has 0 aliphatic rings. The average Bonchev–Trinajstić information content (AvgIpc) is 2.32. The number of hydrogen-bond donors (Lipinski definition) is 3. The van der Waals surface area contributed by atoms with E-state index >= 15 is 0 Å². The number of hydrogen-bond acceptors (Lipinski definition) is 5. The molecular weight excluding hydrogens is 264 g/mol. The van der Waals surface area contributed by atoms with Gasteiger partial charge in [-0.05, 0) is 19.8 Å². The Morgan fingerprint density at radius 1 is 1.25 bits per heavy atom. The Bertz CT molecular complexity index is 357. The van der Waals surface area contributed by atoms with E-state index in [-0.39, 0.29) is 12.0 Å². The van der Waals surface area contributed by atoms with Crippen molar-refractivity contribution in [1.82, 2.24) is 5.32 Å². The maximum atomic E-state index is 11.9. The van der Waals surface area contributed by atoms with Crippen molar-refractivity contribution in [2.75, 3.05) is 0 Å². The van der Waals surface area contributed by atoms with Crippen LogP contribution in [0.25, 0.3) is 0 Å². The van der Waals surface area contributed by atoms with Gasteiger partial charge in [-0.25, -0.2) is 4.79 Å². The Kier molecular flexibility index (Phi) is 7.83. The van der Waals surface area contributed by atoms with Crippen molar-refractivity contribution in [1.29, 1.82) is 0 Å². The van der Waals surface area contributed by atoms with Crippen molar-refractivity contribution >= 4 is 17.8 Å². The molecule has 0 heterocycles. The summed E-state index contributed by atoms with van der Waals surface area (Å²) in [6, 6.07) is -2.01. The highest BCUT2D eigenvalue weighted by Gasteiger charge is 2.30. The fourth-order valence-electron chi connectivity index (χ4n) is 1.52. The largest absolute Gasteiger partial charge is 0.481 e. The van der Waals surface area contributed by atoms with Crippen LogP contribution in [0.2, 0.25) is 0 Å². The summed E-state index contributed by atoms with van der Waals surface area (Å²) in [5.74, 6) is -2.51. The zero-order chi connectivity index (χ0) is 15.9. The molecule has 7 heteroatoms. The van der Waals surface area contributed by atoms with E-state index in [0.717, 1.165) is 0 Å². The summed E-state index contributed by atoms with van der Waals surface area (Å²) in [5, 5.41) is 11.1. The lowest BCUT2D eigenvalue weighted by Crippen LogP contribution is -2.52. The maximum absolute atomic E-state index is 11.9. The van der Waals surface area contributed by atoms with Crippen LogP contribution in [0.15, 0.2) is 0 Å². The van der Waals surface area contributed by atoms with Crippen LogP contribution in [0.3, 0.4) is 0 Å². The molecule has 4 N–H and O–H groups in total. The third-order valence-corrected chi connectivity index (χ3v) is 2.85. The maximum Gasteiger partial charge on any atom is 0.329 e. The highest BCUT2D eigenvalue weighted by Crippen LogP contribution is 2.11. The highest BCUT2D eigenvalue weighted by atomic mass is 16.5. The summed E-state index contributed by atoms with van der Waals surface area (Å²) in [6.07, 6.45) is -0.122. The third kappa shape index (κ3) is 6.51. The van der Waals surface area contributed by atoms with E-state index in [9.17, 15) is 14.4 Å². The fourth-order valence-corrected chi connectivity index (χ4v) is 1.52. The van der Waals surface area contributed by atoms with Gasteiger partial charge in [-0.1, -0.05) is 20.3 Å². The van der Waals surface area contributed by atoms with Gasteiger partial charge in [-0.3, -0.25) is 9.59 Å². The van der Waals surface area contributed by atoms with Gasteiger partial charge in [0, 0.05) is 0 Å². The lowest BCUT2D eigenvalue weighted by molar-refractivity contribution is -0.153. The number of ether oxygens (including phenoxy) is 1. The number of carboxylic acid groups (broad SMARTS) is 1. The van der Waals surface area contributed by atoms with Gasteiger partial charge in [0.25, 0.3) is 0 Å². The number of nitrogens with one attached hydrogen (secondary N) is 1. The second-order valence-electron chi connectivity index (χ2n) is 5.06. The molecule has 0 aromatic rings. The predicted molar refractivity (Wildman–Crippen MR) is 72.8 cm³/mol. The van der Waals surface area contributed by atoms with Crippen LogP contribution in [0.4, 0.5) is 0 Å². The molecule has 0 rings (SSSR count). The highest BCUT2D eigenvalue weighted by molar-refractivity contribution is 5.89. The molecule has 0 saturated carbocycles. The number of carboxylic acids is 1. The van der Waals surface area contributed by atoms with Crippen molar-refractivity contribution in [2.45, 2.75) is 58.7 Å². The molecule has 0 saturated heterocycles. The van der Waals surface area contributed by atoms with E-state index in [2.05, 4.69) is 5.32 Å². The topological polar surface area (TPSA) is 119 Å². The third-order valence-electron chi connectivity index (χ3n) is 2.85. The van der Waals surface area contributed by atoms with Gasteiger partial charge in [0.05, 0.1) is 18.6 Å². The molecule has 3 atom stereocenters. The second-order valence-corrected chi connectivity index (χ2v) is 5.06. The van der Waals surface area contributed by atoms with Crippen molar-refractivity contribution < 1.29 is 24.2 Å². The fraction of sp³-hybridized carbons (Fsp3) is 0.769. The SMILES string of the molecule is CCC(C)[C@@H](NC(=O)[C@@H](N)CC(=O)O)C(=O)OC(C)C. The Balaban J connectivity index is 4.77. The number of carbonyl (C=O) groups is 3. The number of nitrogens with two attached hydrogens (primary N) is 1. The zero-order valence-electron chi connectivity index (χ0n) is 12.4. The number of carbonyl (C=O) groups excluding carboxylic acids is 2. The first-order valence-corrected chi connectivity index (χ1v) is 6.67. The van der Waals surface area contributed by atoms with E-state index in [0.29, 0.717) is 6.42 Å². The second kappa shape index (κ2) is 8.52. The van der Waals surface area contributed by atoms with Crippen LogP contribution in [0.1, 0.15) is 40.5 Å². The first-order chi connectivity index (χ1) is 9.18. The molecule has 20 heavy (non-hydrogen) atoms. The van der Waals surface area contributed by atoms with Crippen LogP contribution in [0, 0.1) is 5.92 Å². The van der Waals surface area contributed by atoms with E-state index in [1.54, 1.807) is 20.8 Å². The quantitative estimate of drug-likeness (QED) is 0.552. The van der Waals surface area contributed by atoms with E-state index in [4.69, 9.17) is 15.6 Å². The molecule has 1 unspecified atom stereocenters. The van der Waals surface area contributed by atoms with Crippen molar-refractivity contribution in [2.24, 2.45) is 11.7 Å². The molecular formula is C13H24N2O5. The van der Waals surface area contributed by atoms with Gasteiger partial charge in [-0.15, -0.1) is 0 Å². The normalized spacial score (nSPS) is 15.3. The van der Waals surface area contributed by atoms with Crippen LogP contribution < -0.4 is 11.1 Å². The molecule has 0 fully saturated rings. The van der Waals surface area contributed by atoms with Crippen molar-refractivity contribution in [3.8, 4) is 0 Å². The molecule has 0 bridgehead atoms. The van der Waals surface area contributed by atoms with E-state index in [1.165, 1.54) is 0 Å². The van der Waals surface area contributed by atoms with Crippen LogP contribution in [0.5, 0.6) is 0 Å². The van der Waals surface area contributed by atoms with E-state index in [1.807, 2.05) is 6.92 Å². The summed E-state index contributed by atoms with van der Waals surface area (Å²) < 4.78 is 5.09. The number of esters is 1. The molecule has 116 valence electrons. The summed E-state index contributed by atoms with van der Waals surface area (Å²) >= 11 is 0. The van der Waals surface area contributed by atoms with Gasteiger partial charge in [-0.2, -0.15) is 0 Å². The molecule has 1 amide bonds. The minimum atomic E-state index is -1.19. The number of rotatable bonds is 8. The molecule has 0 aromatic carbocycles. The minimum Gasteiger partial charge on any atom is -0.481 e. The first-order valence-electron chi connectivity index (χ1n) is 6.67. The zero-order valence-corrected chi connectivity index (χ0v) is 12.4. The lowest BCUT2D eigenvalue weighted by atomic mass is 9.98. The standard InChI is InChI=1S/C13H24N2O5/c1-5-8(4)11(13(19)20-7(2)3)15-12(18)9(14)6-10(16)17/h7-9,11H,5-6,14H2,1-4H3,(H,15,18)(H,16,17)/t8?,9-,11+/m0/s1. The molecule has 0 aliphatic carbocycles. The van der Waals surface area contributed by atoms with Crippen molar-refractivity contribution in [3.05, 3.63) is 0 Å². The van der Waals surface area contributed by atoms with Gasteiger partial charge in [0.15, 0.2) is 0 Å². The Labute approximate surface area is 118 Å². The first kappa shape index (κ1) is 18.4. The van der Waals surface area contributed by atoms with Gasteiger partial charge >= 0.3 is 11.9 Å².